The molecule has 3 nitrogen and oxygen atoms in total. The van der Waals surface area contributed by atoms with Crippen LogP contribution in [0.3, 0.4) is 0 Å². The number of thioether (sulfide) groups is 1. The Kier molecular flexibility index (Phi) is 5.95. The molecule has 2 aliphatic heterocycles. The van der Waals surface area contributed by atoms with Gasteiger partial charge in [-0.1, -0.05) is 36.8 Å². The van der Waals surface area contributed by atoms with Gasteiger partial charge in [0.15, 0.2) is 0 Å². The van der Waals surface area contributed by atoms with Gasteiger partial charge in [0.1, 0.15) is 4.32 Å². The van der Waals surface area contributed by atoms with Gasteiger partial charge in [0.2, 0.25) is 5.91 Å². The van der Waals surface area contributed by atoms with Crippen LogP contribution in [0.25, 0.3) is 0 Å². The molecule has 1 amide bonds. The molecule has 0 spiro atoms. The van der Waals surface area contributed by atoms with Crippen molar-refractivity contribution in [2.75, 3.05) is 26.2 Å². The molecule has 0 saturated carbocycles. The van der Waals surface area contributed by atoms with E-state index < -0.39 is 0 Å². The van der Waals surface area contributed by atoms with Crippen molar-refractivity contribution in [3.63, 3.8) is 0 Å². The van der Waals surface area contributed by atoms with Gasteiger partial charge < -0.3 is 9.80 Å². The van der Waals surface area contributed by atoms with Crippen LogP contribution < -0.4 is 0 Å². The van der Waals surface area contributed by atoms with Gasteiger partial charge in [0, 0.05) is 26.2 Å². The summed E-state index contributed by atoms with van der Waals surface area (Å²) in [6, 6.07) is 0. The van der Waals surface area contributed by atoms with Crippen molar-refractivity contribution in [2.45, 2.75) is 50.7 Å². The summed E-state index contributed by atoms with van der Waals surface area (Å²) in [4.78, 5) is 16.7. The van der Waals surface area contributed by atoms with Gasteiger partial charge in [-0.15, -0.1) is 0 Å². The van der Waals surface area contributed by atoms with Crippen LogP contribution in [0.5, 0.6) is 0 Å². The third-order valence-corrected chi connectivity index (χ3v) is 5.47. The fraction of sp³-hybridized carbons (Fsp3) is 0.857. The largest absolute Gasteiger partial charge is 0.358 e. The Labute approximate surface area is 126 Å². The summed E-state index contributed by atoms with van der Waals surface area (Å²) in [5.74, 6) is 0.272. The van der Waals surface area contributed by atoms with Crippen LogP contribution in [0.2, 0.25) is 0 Å². The van der Waals surface area contributed by atoms with Gasteiger partial charge in [0.05, 0.1) is 5.25 Å². The molecule has 108 valence electrons. The molecule has 0 N–H and O–H groups in total. The lowest BCUT2D eigenvalue weighted by molar-refractivity contribution is -0.130. The van der Waals surface area contributed by atoms with E-state index in [4.69, 9.17) is 12.2 Å². The van der Waals surface area contributed by atoms with Crippen LogP contribution in [0.1, 0.15) is 45.4 Å². The average Bonchev–Trinajstić information content (AvgIpc) is 2.81. The van der Waals surface area contributed by atoms with Crippen LogP contribution >= 0.6 is 24.0 Å². The Morgan fingerprint density at radius 3 is 2.00 bits per heavy atom. The zero-order chi connectivity index (χ0) is 13.7. The van der Waals surface area contributed by atoms with E-state index in [0.717, 1.165) is 43.3 Å². The van der Waals surface area contributed by atoms with E-state index in [-0.39, 0.29) is 11.2 Å². The molecular weight excluding hydrogens is 276 g/mol. The maximum Gasteiger partial charge on any atom is 0.235 e. The van der Waals surface area contributed by atoms with E-state index in [1.165, 1.54) is 25.7 Å². The second kappa shape index (κ2) is 7.48. The van der Waals surface area contributed by atoms with Crippen molar-refractivity contribution < 1.29 is 4.79 Å². The highest BCUT2D eigenvalue weighted by Crippen LogP contribution is 2.22. The summed E-state index contributed by atoms with van der Waals surface area (Å²) in [5.41, 5.74) is 0. The van der Waals surface area contributed by atoms with Crippen molar-refractivity contribution in [2.24, 2.45) is 0 Å². The molecule has 2 rings (SSSR count). The van der Waals surface area contributed by atoms with Gasteiger partial charge in [-0.2, -0.15) is 0 Å². The molecule has 5 heteroatoms. The number of rotatable bonds is 2. The minimum atomic E-state index is -0.0359. The Hall–Kier alpha value is -0.290. The van der Waals surface area contributed by atoms with Crippen LogP contribution in [-0.2, 0) is 4.79 Å². The molecule has 0 aromatic carbocycles. The first kappa shape index (κ1) is 15.1. The minimum Gasteiger partial charge on any atom is -0.358 e. The average molecular weight is 300 g/mol. The number of carbonyl (C=O) groups is 1. The number of hydrogen-bond donors (Lipinski definition) is 0. The van der Waals surface area contributed by atoms with E-state index >= 15 is 0 Å². The van der Waals surface area contributed by atoms with E-state index in [9.17, 15) is 4.79 Å². The van der Waals surface area contributed by atoms with E-state index in [0.29, 0.717) is 0 Å². The molecule has 0 aromatic rings. The molecule has 2 heterocycles. The Morgan fingerprint density at radius 1 is 0.947 bits per heavy atom. The first-order valence-electron chi connectivity index (χ1n) is 7.43. The maximum absolute atomic E-state index is 12.4. The lowest BCUT2D eigenvalue weighted by atomic mass is 10.2. The first-order valence-corrected chi connectivity index (χ1v) is 8.71. The molecule has 2 saturated heterocycles. The molecule has 19 heavy (non-hydrogen) atoms. The van der Waals surface area contributed by atoms with E-state index in [1.807, 2.05) is 11.8 Å². The standard InChI is InChI=1S/C14H24N2OS2/c1-12(19-14(18)16-10-6-7-11-16)13(17)15-8-4-2-3-5-9-15/h12H,2-11H2,1H3/t12-/m0/s1. The topological polar surface area (TPSA) is 23.6 Å². The number of thiocarbonyl (C=S) groups is 1. The highest BCUT2D eigenvalue weighted by molar-refractivity contribution is 8.23. The van der Waals surface area contributed by atoms with Gasteiger partial charge in [-0.05, 0) is 32.6 Å². The van der Waals surface area contributed by atoms with Crippen molar-refractivity contribution >= 4 is 34.2 Å². The molecule has 0 unspecified atom stereocenters. The Morgan fingerprint density at radius 2 is 1.42 bits per heavy atom. The third-order valence-electron chi connectivity index (χ3n) is 3.91. The first-order chi connectivity index (χ1) is 9.18. The summed E-state index contributed by atoms with van der Waals surface area (Å²) >= 11 is 7.03. The second-order valence-corrected chi connectivity index (χ2v) is 7.43. The summed E-state index contributed by atoms with van der Waals surface area (Å²) in [6.45, 7) is 5.99. The van der Waals surface area contributed by atoms with Crippen LogP contribution in [0.15, 0.2) is 0 Å². The molecule has 2 aliphatic rings. The molecule has 0 aliphatic carbocycles. The number of hydrogen-bond acceptors (Lipinski definition) is 3. The molecule has 0 radical (unpaired) electrons. The quantitative estimate of drug-likeness (QED) is 0.732. The Balaban J connectivity index is 1.82. The van der Waals surface area contributed by atoms with Gasteiger partial charge in [-0.25, -0.2) is 0 Å². The minimum absolute atomic E-state index is 0.0359. The highest BCUT2D eigenvalue weighted by atomic mass is 32.2. The predicted molar refractivity (Wildman–Crippen MR) is 85.5 cm³/mol. The zero-order valence-electron chi connectivity index (χ0n) is 11.8. The van der Waals surface area contributed by atoms with Crippen molar-refractivity contribution in [1.82, 2.24) is 9.80 Å². The van der Waals surface area contributed by atoms with Crippen LogP contribution in [0.4, 0.5) is 0 Å². The normalized spacial score (nSPS) is 22.2. The summed E-state index contributed by atoms with van der Waals surface area (Å²) < 4.78 is 0.910. The number of nitrogens with zero attached hydrogens (tertiary/aromatic N) is 2. The summed E-state index contributed by atoms with van der Waals surface area (Å²) in [7, 11) is 0. The predicted octanol–water partition coefficient (Wildman–Crippen LogP) is 2.89. The third kappa shape index (κ3) is 4.35. The fourth-order valence-corrected chi connectivity index (χ4v) is 4.22. The van der Waals surface area contributed by atoms with E-state index in [2.05, 4.69) is 4.90 Å². The molecule has 0 aromatic heterocycles. The lowest BCUT2D eigenvalue weighted by Crippen LogP contribution is -2.38. The maximum atomic E-state index is 12.4. The van der Waals surface area contributed by atoms with Gasteiger partial charge >= 0.3 is 0 Å². The SMILES string of the molecule is C[C@H](SC(=S)N1CCCC1)C(=O)N1CCCCCC1. The molecule has 2 fully saturated rings. The molecular formula is C14H24N2OS2. The van der Waals surface area contributed by atoms with Crippen molar-refractivity contribution in [3.8, 4) is 0 Å². The fourth-order valence-electron chi connectivity index (χ4n) is 2.72. The number of carbonyl (C=O) groups excluding carboxylic acids is 1. The van der Waals surface area contributed by atoms with E-state index in [1.54, 1.807) is 11.8 Å². The summed E-state index contributed by atoms with van der Waals surface area (Å²) in [5, 5.41) is -0.0359. The zero-order valence-corrected chi connectivity index (χ0v) is 13.4. The van der Waals surface area contributed by atoms with Crippen molar-refractivity contribution in [3.05, 3.63) is 0 Å². The molecule has 0 bridgehead atoms. The number of likely N-dealkylation sites (tertiary alicyclic amines) is 2. The lowest BCUT2D eigenvalue weighted by Gasteiger charge is -2.25. The van der Waals surface area contributed by atoms with Gasteiger partial charge in [-0.3, -0.25) is 4.79 Å². The Bertz CT molecular complexity index is 321. The van der Waals surface area contributed by atoms with Crippen LogP contribution in [-0.4, -0.2) is 51.5 Å². The van der Waals surface area contributed by atoms with Crippen LogP contribution in [0, 0.1) is 0 Å². The number of amides is 1. The highest BCUT2D eigenvalue weighted by Gasteiger charge is 2.25. The smallest absolute Gasteiger partial charge is 0.235 e. The summed E-state index contributed by atoms with van der Waals surface area (Å²) in [6.07, 6.45) is 7.29. The van der Waals surface area contributed by atoms with Crippen molar-refractivity contribution in [1.29, 1.82) is 0 Å². The second-order valence-electron chi connectivity index (χ2n) is 5.46. The monoisotopic (exact) mass is 300 g/mol. The van der Waals surface area contributed by atoms with Gasteiger partial charge in [0.25, 0.3) is 0 Å². The molecule has 1 atom stereocenters.